The average Bonchev–Trinajstić information content (AvgIpc) is 3.29. The number of ether oxygens (including phenoxy) is 4. The zero-order valence-corrected chi connectivity index (χ0v) is 18.2. The summed E-state index contributed by atoms with van der Waals surface area (Å²) in [5.41, 5.74) is 4.77. The molecule has 6 nitrogen and oxygen atoms in total. The molecule has 0 aromatic heterocycles. The maximum Gasteiger partial charge on any atom is 0.339 e. The van der Waals surface area contributed by atoms with E-state index in [9.17, 15) is 9.90 Å². The van der Waals surface area contributed by atoms with Crippen molar-refractivity contribution in [1.82, 2.24) is 0 Å². The highest BCUT2D eigenvalue weighted by molar-refractivity contribution is 5.91. The van der Waals surface area contributed by atoms with Gasteiger partial charge < -0.3 is 24.1 Å². The maximum absolute atomic E-state index is 11.3. The van der Waals surface area contributed by atoms with E-state index in [1.807, 2.05) is 24.3 Å². The van der Waals surface area contributed by atoms with E-state index in [1.165, 1.54) is 23.8 Å². The van der Waals surface area contributed by atoms with Crippen LogP contribution in [0.15, 0.2) is 54.6 Å². The largest absolute Gasteiger partial charge is 0.497 e. The highest BCUT2D eigenvalue weighted by Crippen LogP contribution is 2.33. The fourth-order valence-corrected chi connectivity index (χ4v) is 3.88. The Morgan fingerprint density at radius 2 is 1.41 bits per heavy atom. The van der Waals surface area contributed by atoms with Gasteiger partial charge in [0.15, 0.2) is 11.5 Å². The molecule has 0 unspecified atom stereocenters. The third kappa shape index (κ3) is 4.97. The summed E-state index contributed by atoms with van der Waals surface area (Å²) in [4.78, 5) is 11.3. The first-order valence-corrected chi connectivity index (χ1v) is 10.5. The monoisotopic (exact) mass is 434 g/mol. The molecule has 4 rings (SSSR count). The molecule has 0 saturated carbocycles. The van der Waals surface area contributed by atoms with Crippen molar-refractivity contribution in [2.75, 3.05) is 21.0 Å². The summed E-state index contributed by atoms with van der Waals surface area (Å²) in [6, 6.07) is 17.6. The Morgan fingerprint density at radius 1 is 0.781 bits per heavy atom. The van der Waals surface area contributed by atoms with Crippen LogP contribution in [0, 0.1) is 0 Å². The molecular weight excluding hydrogens is 408 g/mol. The number of rotatable bonds is 9. The van der Waals surface area contributed by atoms with Crippen molar-refractivity contribution in [1.29, 1.82) is 0 Å². The number of aromatic carboxylic acids is 1. The number of hydrogen-bond acceptors (Lipinski definition) is 5. The van der Waals surface area contributed by atoms with Crippen molar-refractivity contribution in [2.45, 2.75) is 25.7 Å². The second kappa shape index (κ2) is 9.64. The minimum atomic E-state index is -0.992. The molecule has 0 atom stereocenters. The SMILES string of the molecule is COc1cc(CCc2ccc3c(c2)OCO3)cc(CCc2ccc(C(=O)O)c(OC)c2)c1. The molecule has 0 fully saturated rings. The third-order valence-corrected chi connectivity index (χ3v) is 5.60. The van der Waals surface area contributed by atoms with Crippen LogP contribution in [0.2, 0.25) is 0 Å². The third-order valence-electron chi connectivity index (χ3n) is 5.60. The Hall–Kier alpha value is -3.67. The van der Waals surface area contributed by atoms with Crippen LogP contribution >= 0.6 is 0 Å². The normalized spacial score (nSPS) is 11.9. The van der Waals surface area contributed by atoms with E-state index < -0.39 is 5.97 Å². The number of carboxylic acid groups (broad SMARTS) is 1. The minimum Gasteiger partial charge on any atom is -0.497 e. The van der Waals surface area contributed by atoms with Crippen molar-refractivity contribution < 1.29 is 28.8 Å². The minimum absolute atomic E-state index is 0.170. The molecule has 0 spiro atoms. The Kier molecular flexibility index (Phi) is 6.50. The molecule has 0 aliphatic carbocycles. The van der Waals surface area contributed by atoms with E-state index in [2.05, 4.69) is 18.2 Å². The predicted octanol–water partition coefficient (Wildman–Crippen LogP) is 4.70. The molecule has 1 N–H and O–H groups in total. The van der Waals surface area contributed by atoms with Gasteiger partial charge in [0.05, 0.1) is 14.2 Å². The molecule has 0 radical (unpaired) electrons. The van der Waals surface area contributed by atoms with Gasteiger partial charge >= 0.3 is 5.97 Å². The number of carbonyl (C=O) groups is 1. The zero-order chi connectivity index (χ0) is 22.5. The maximum atomic E-state index is 11.3. The van der Waals surface area contributed by atoms with Gasteiger partial charge in [-0.2, -0.15) is 0 Å². The smallest absolute Gasteiger partial charge is 0.339 e. The summed E-state index contributed by atoms with van der Waals surface area (Å²) < 4.78 is 21.6. The standard InChI is InChI=1S/C26H26O6/c1-29-21-12-19(5-3-17-7-9-22(26(27)28)24(14-17)30-2)11-20(13-21)6-4-18-8-10-23-25(15-18)32-16-31-23/h7-15H,3-6,16H2,1-2H3,(H,27,28). The van der Waals surface area contributed by atoms with Crippen LogP contribution in [-0.2, 0) is 25.7 Å². The van der Waals surface area contributed by atoms with Crippen molar-refractivity contribution in [3.05, 3.63) is 82.4 Å². The highest BCUT2D eigenvalue weighted by Gasteiger charge is 2.14. The van der Waals surface area contributed by atoms with Crippen molar-refractivity contribution in [3.8, 4) is 23.0 Å². The summed E-state index contributed by atoms with van der Waals surface area (Å²) in [5.74, 6) is 1.82. The first-order chi connectivity index (χ1) is 15.6. The van der Waals surface area contributed by atoms with Gasteiger partial charge in [-0.3, -0.25) is 0 Å². The first-order valence-electron chi connectivity index (χ1n) is 10.5. The van der Waals surface area contributed by atoms with Gasteiger partial charge in [0.2, 0.25) is 6.79 Å². The zero-order valence-electron chi connectivity index (χ0n) is 18.2. The lowest BCUT2D eigenvalue weighted by Crippen LogP contribution is -2.02. The van der Waals surface area contributed by atoms with Crippen LogP contribution in [0.3, 0.4) is 0 Å². The summed E-state index contributed by atoms with van der Waals surface area (Å²) >= 11 is 0. The van der Waals surface area contributed by atoms with E-state index in [0.29, 0.717) is 5.75 Å². The topological polar surface area (TPSA) is 74.2 Å². The predicted molar refractivity (Wildman–Crippen MR) is 120 cm³/mol. The molecule has 0 saturated heterocycles. The summed E-state index contributed by atoms with van der Waals surface area (Å²) in [5, 5.41) is 9.26. The number of aryl methyl sites for hydroxylation is 4. The van der Waals surface area contributed by atoms with E-state index in [1.54, 1.807) is 19.2 Å². The molecule has 1 heterocycles. The van der Waals surface area contributed by atoms with E-state index >= 15 is 0 Å². The molecule has 1 aliphatic heterocycles. The van der Waals surface area contributed by atoms with E-state index in [-0.39, 0.29) is 12.4 Å². The Morgan fingerprint density at radius 3 is 2.06 bits per heavy atom. The number of methoxy groups -OCH3 is 2. The quantitative estimate of drug-likeness (QED) is 0.526. The Labute approximate surface area is 187 Å². The molecule has 166 valence electrons. The van der Waals surface area contributed by atoms with Crippen molar-refractivity contribution >= 4 is 5.97 Å². The van der Waals surface area contributed by atoms with Gasteiger partial charge in [-0.25, -0.2) is 4.79 Å². The molecular formula is C26H26O6. The Balaban J connectivity index is 1.44. The van der Waals surface area contributed by atoms with Crippen molar-refractivity contribution in [3.63, 3.8) is 0 Å². The molecule has 0 amide bonds. The van der Waals surface area contributed by atoms with Gasteiger partial charge in [-0.1, -0.05) is 18.2 Å². The summed E-state index contributed by atoms with van der Waals surface area (Å²) in [6.07, 6.45) is 3.34. The molecule has 32 heavy (non-hydrogen) atoms. The fraction of sp³-hybridized carbons (Fsp3) is 0.269. The van der Waals surface area contributed by atoms with Gasteiger partial charge in [-0.05, 0) is 84.3 Å². The second-order valence-corrected chi connectivity index (χ2v) is 7.72. The van der Waals surface area contributed by atoms with E-state index in [4.69, 9.17) is 18.9 Å². The van der Waals surface area contributed by atoms with Crippen LogP contribution in [0.25, 0.3) is 0 Å². The highest BCUT2D eigenvalue weighted by atomic mass is 16.7. The first kappa shape index (κ1) is 21.6. The van der Waals surface area contributed by atoms with Gasteiger partial charge in [-0.15, -0.1) is 0 Å². The van der Waals surface area contributed by atoms with Gasteiger partial charge in [0, 0.05) is 0 Å². The number of fused-ring (bicyclic) bond motifs is 1. The fourth-order valence-electron chi connectivity index (χ4n) is 3.88. The number of hydrogen-bond donors (Lipinski definition) is 1. The van der Waals surface area contributed by atoms with Crippen LogP contribution < -0.4 is 18.9 Å². The lowest BCUT2D eigenvalue weighted by atomic mass is 9.98. The van der Waals surface area contributed by atoms with Gasteiger partial charge in [0.1, 0.15) is 17.1 Å². The molecule has 1 aliphatic rings. The van der Waals surface area contributed by atoms with Crippen LogP contribution in [-0.4, -0.2) is 32.1 Å². The van der Waals surface area contributed by atoms with E-state index in [0.717, 1.165) is 48.5 Å². The molecule has 0 bridgehead atoms. The molecule has 3 aromatic carbocycles. The van der Waals surface area contributed by atoms with Crippen LogP contribution in [0.4, 0.5) is 0 Å². The lowest BCUT2D eigenvalue weighted by Gasteiger charge is -2.11. The summed E-state index contributed by atoms with van der Waals surface area (Å²) in [7, 11) is 3.16. The number of carboxylic acids is 1. The molecule has 3 aromatic rings. The second-order valence-electron chi connectivity index (χ2n) is 7.72. The number of benzene rings is 3. The van der Waals surface area contributed by atoms with Crippen LogP contribution in [0.1, 0.15) is 32.6 Å². The van der Waals surface area contributed by atoms with Crippen LogP contribution in [0.5, 0.6) is 23.0 Å². The lowest BCUT2D eigenvalue weighted by molar-refractivity contribution is 0.0693. The summed E-state index contributed by atoms with van der Waals surface area (Å²) in [6.45, 7) is 0.281. The van der Waals surface area contributed by atoms with Crippen molar-refractivity contribution in [2.24, 2.45) is 0 Å². The average molecular weight is 434 g/mol. The van der Waals surface area contributed by atoms with Gasteiger partial charge in [0.25, 0.3) is 0 Å². The molecule has 6 heteroatoms. The Bertz CT molecular complexity index is 1120.